The molecule has 3 aromatic carbocycles. The highest BCUT2D eigenvalue weighted by atomic mass is 35.5. The summed E-state index contributed by atoms with van der Waals surface area (Å²) in [6.45, 7) is 4.66. The summed E-state index contributed by atoms with van der Waals surface area (Å²) in [4.78, 5) is 6.92. The molecule has 5 rings (SSSR count). The Morgan fingerprint density at radius 1 is 0.857 bits per heavy atom. The van der Waals surface area contributed by atoms with Gasteiger partial charge in [-0.3, -0.25) is 9.88 Å². The monoisotopic (exact) mass is 390 g/mol. The number of rotatable bonds is 3. The average Bonchev–Trinajstić information content (AvgIpc) is 2.74. The lowest BCUT2D eigenvalue weighted by molar-refractivity contribution is 0.0344. The van der Waals surface area contributed by atoms with Crippen molar-refractivity contribution < 1.29 is 4.74 Å². The zero-order chi connectivity index (χ0) is 18.1. The van der Waals surface area contributed by atoms with E-state index in [1.54, 1.807) is 0 Å². The van der Waals surface area contributed by atoms with E-state index in [0.29, 0.717) is 0 Å². The number of hydrogen-bond donors (Lipinski definition) is 0. The first kappa shape index (κ1) is 18.9. The maximum atomic E-state index is 5.49. The van der Waals surface area contributed by atoms with Crippen LogP contribution in [0.15, 0.2) is 72.9 Å². The van der Waals surface area contributed by atoms with E-state index in [0.717, 1.165) is 38.4 Å². The van der Waals surface area contributed by atoms with E-state index in [-0.39, 0.29) is 12.4 Å². The Bertz CT molecular complexity index is 1110. The van der Waals surface area contributed by atoms with Crippen LogP contribution < -0.4 is 0 Å². The van der Waals surface area contributed by atoms with Gasteiger partial charge in [0.2, 0.25) is 0 Å². The van der Waals surface area contributed by atoms with E-state index in [4.69, 9.17) is 4.74 Å². The molecule has 4 heteroatoms. The first-order valence-corrected chi connectivity index (χ1v) is 9.54. The molecule has 28 heavy (non-hydrogen) atoms. The van der Waals surface area contributed by atoms with Gasteiger partial charge < -0.3 is 4.74 Å². The molecule has 0 atom stereocenters. The third-order valence-corrected chi connectivity index (χ3v) is 5.42. The van der Waals surface area contributed by atoms with Gasteiger partial charge in [-0.25, -0.2) is 0 Å². The van der Waals surface area contributed by atoms with Gasteiger partial charge in [0, 0.05) is 31.2 Å². The fraction of sp³-hybridized carbons (Fsp3) is 0.208. The molecule has 0 radical (unpaired) electrons. The number of morpholine rings is 1. The van der Waals surface area contributed by atoms with Crippen LogP contribution in [0.1, 0.15) is 5.56 Å². The second-order valence-electron chi connectivity index (χ2n) is 7.12. The van der Waals surface area contributed by atoms with Crippen molar-refractivity contribution in [1.82, 2.24) is 9.88 Å². The fourth-order valence-electron chi connectivity index (χ4n) is 4.01. The van der Waals surface area contributed by atoms with Crippen LogP contribution in [0.5, 0.6) is 0 Å². The first-order valence-electron chi connectivity index (χ1n) is 9.54. The molecule has 0 aliphatic carbocycles. The fourth-order valence-corrected chi connectivity index (χ4v) is 4.01. The Morgan fingerprint density at radius 2 is 1.68 bits per heavy atom. The van der Waals surface area contributed by atoms with Gasteiger partial charge in [-0.05, 0) is 45.7 Å². The third-order valence-electron chi connectivity index (χ3n) is 5.42. The van der Waals surface area contributed by atoms with Crippen molar-refractivity contribution in [3.63, 3.8) is 0 Å². The number of fused-ring (bicyclic) bond motifs is 2. The van der Waals surface area contributed by atoms with Crippen LogP contribution in [0.2, 0.25) is 0 Å². The summed E-state index contributed by atoms with van der Waals surface area (Å²) >= 11 is 0. The van der Waals surface area contributed by atoms with Crippen molar-refractivity contribution in [1.29, 1.82) is 0 Å². The molecule has 0 unspecified atom stereocenters. The Kier molecular flexibility index (Phi) is 5.58. The first-order chi connectivity index (χ1) is 13.4. The van der Waals surface area contributed by atoms with Gasteiger partial charge in [0.05, 0.1) is 18.7 Å². The number of benzene rings is 3. The maximum absolute atomic E-state index is 5.49. The highest BCUT2D eigenvalue weighted by molar-refractivity contribution is 6.00. The number of pyridine rings is 1. The molecule has 0 N–H and O–H groups in total. The number of halogens is 1. The number of nitrogens with zero attached hydrogens (tertiary/aromatic N) is 2. The average molecular weight is 391 g/mol. The molecule has 3 nitrogen and oxygen atoms in total. The van der Waals surface area contributed by atoms with E-state index < -0.39 is 0 Å². The molecule has 4 aromatic rings. The van der Waals surface area contributed by atoms with E-state index in [1.165, 1.54) is 32.8 Å². The molecule has 1 saturated heterocycles. The largest absolute Gasteiger partial charge is 0.379 e. The molecule has 0 bridgehead atoms. The highest BCUT2D eigenvalue weighted by Gasteiger charge is 2.13. The molecular weight excluding hydrogens is 368 g/mol. The minimum Gasteiger partial charge on any atom is -0.379 e. The van der Waals surface area contributed by atoms with Gasteiger partial charge in [-0.1, -0.05) is 48.5 Å². The zero-order valence-electron chi connectivity index (χ0n) is 15.7. The van der Waals surface area contributed by atoms with E-state index in [2.05, 4.69) is 70.5 Å². The molecule has 142 valence electrons. The van der Waals surface area contributed by atoms with Crippen LogP contribution in [0, 0.1) is 0 Å². The van der Waals surface area contributed by atoms with Crippen molar-refractivity contribution >= 4 is 34.1 Å². The van der Waals surface area contributed by atoms with Crippen LogP contribution in [0.4, 0.5) is 0 Å². The SMILES string of the molecule is Cl.c1cnc2ccc(-c3cccc4c(CN5CCOCC5)cccc34)cc2c1. The number of aromatic nitrogens is 1. The lowest BCUT2D eigenvalue weighted by Crippen LogP contribution is -2.35. The predicted molar refractivity (Wildman–Crippen MR) is 118 cm³/mol. The van der Waals surface area contributed by atoms with Crippen molar-refractivity contribution in [3.8, 4) is 11.1 Å². The quantitative estimate of drug-likeness (QED) is 0.474. The van der Waals surface area contributed by atoms with E-state index in [9.17, 15) is 0 Å². The summed E-state index contributed by atoms with van der Waals surface area (Å²) in [5.74, 6) is 0. The van der Waals surface area contributed by atoms with Crippen LogP contribution >= 0.6 is 12.4 Å². The summed E-state index contributed by atoms with van der Waals surface area (Å²) in [5, 5.41) is 3.83. The van der Waals surface area contributed by atoms with Crippen LogP contribution in [0.25, 0.3) is 32.8 Å². The summed E-state index contributed by atoms with van der Waals surface area (Å²) in [6, 6.07) is 24.0. The summed E-state index contributed by atoms with van der Waals surface area (Å²) < 4.78 is 5.49. The Hall–Kier alpha value is -2.46. The Morgan fingerprint density at radius 3 is 2.57 bits per heavy atom. The lowest BCUT2D eigenvalue weighted by atomic mass is 9.94. The van der Waals surface area contributed by atoms with Crippen molar-refractivity contribution in [3.05, 3.63) is 78.5 Å². The molecule has 1 fully saturated rings. The maximum Gasteiger partial charge on any atom is 0.0702 e. The second-order valence-corrected chi connectivity index (χ2v) is 7.12. The minimum absolute atomic E-state index is 0. The highest BCUT2D eigenvalue weighted by Crippen LogP contribution is 2.32. The van der Waals surface area contributed by atoms with Crippen LogP contribution in [0.3, 0.4) is 0 Å². The lowest BCUT2D eigenvalue weighted by Gasteiger charge is -2.27. The number of hydrogen-bond acceptors (Lipinski definition) is 3. The van der Waals surface area contributed by atoms with Crippen molar-refractivity contribution in [2.75, 3.05) is 26.3 Å². The van der Waals surface area contributed by atoms with E-state index in [1.807, 2.05) is 12.3 Å². The zero-order valence-corrected chi connectivity index (χ0v) is 16.5. The standard InChI is InChI=1S/C24H22N2O.ClH/c1-4-20(17-26-12-14-27-15-13-26)22-7-2-6-21(23(22)8-1)18-9-10-24-19(16-18)5-3-11-25-24;/h1-11,16H,12-15,17H2;1H. The van der Waals surface area contributed by atoms with Gasteiger partial charge in [-0.15, -0.1) is 12.4 Å². The molecule has 2 heterocycles. The summed E-state index contributed by atoms with van der Waals surface area (Å²) in [5.41, 5.74) is 4.94. The molecule has 0 saturated carbocycles. The molecular formula is C24H23ClN2O. The minimum atomic E-state index is 0. The number of ether oxygens (including phenoxy) is 1. The predicted octanol–water partition coefficient (Wildman–Crippen LogP) is 5.31. The molecule has 1 aliphatic heterocycles. The van der Waals surface area contributed by atoms with Gasteiger partial charge in [0.15, 0.2) is 0 Å². The van der Waals surface area contributed by atoms with Crippen molar-refractivity contribution in [2.24, 2.45) is 0 Å². The topological polar surface area (TPSA) is 25.4 Å². The van der Waals surface area contributed by atoms with Crippen LogP contribution in [-0.2, 0) is 11.3 Å². The summed E-state index contributed by atoms with van der Waals surface area (Å²) in [6.07, 6.45) is 1.85. The molecule has 0 spiro atoms. The molecule has 0 amide bonds. The van der Waals surface area contributed by atoms with Gasteiger partial charge in [0.1, 0.15) is 0 Å². The molecule has 1 aliphatic rings. The third kappa shape index (κ3) is 3.61. The Balaban J connectivity index is 0.00000192. The molecule has 1 aromatic heterocycles. The summed E-state index contributed by atoms with van der Waals surface area (Å²) in [7, 11) is 0. The van der Waals surface area contributed by atoms with E-state index >= 15 is 0 Å². The van der Waals surface area contributed by atoms with Gasteiger partial charge in [-0.2, -0.15) is 0 Å². The smallest absolute Gasteiger partial charge is 0.0702 e. The normalized spacial score (nSPS) is 14.9. The van der Waals surface area contributed by atoms with Crippen molar-refractivity contribution in [2.45, 2.75) is 6.54 Å². The van der Waals surface area contributed by atoms with Gasteiger partial charge in [0.25, 0.3) is 0 Å². The van der Waals surface area contributed by atoms with Gasteiger partial charge >= 0.3 is 0 Å². The van der Waals surface area contributed by atoms with Crippen LogP contribution in [-0.4, -0.2) is 36.2 Å². The Labute approximate surface area is 171 Å². The second kappa shape index (κ2) is 8.27.